The second-order valence-electron chi connectivity index (χ2n) is 8.64. The summed E-state index contributed by atoms with van der Waals surface area (Å²) >= 11 is 0. The molecule has 0 bridgehead atoms. The summed E-state index contributed by atoms with van der Waals surface area (Å²) in [4.78, 5) is 0. The molecule has 0 saturated heterocycles. The maximum absolute atomic E-state index is 6.54. The molecule has 0 unspecified atom stereocenters. The van der Waals surface area contributed by atoms with Crippen molar-refractivity contribution in [2.75, 3.05) is 0 Å². The van der Waals surface area contributed by atoms with E-state index in [1.165, 1.54) is 51.0 Å². The average molecular weight is 362 g/mol. The van der Waals surface area contributed by atoms with Crippen LogP contribution in [-0.4, -0.2) is 25.2 Å². The Morgan fingerprint density at radius 1 is 0.591 bits per heavy atom. The van der Waals surface area contributed by atoms with Crippen LogP contribution in [0.3, 0.4) is 0 Å². The molecule has 0 amide bonds. The van der Waals surface area contributed by atoms with E-state index < -0.39 is 25.2 Å². The van der Waals surface area contributed by atoms with Crippen LogP contribution < -0.4 is 0 Å². The van der Waals surface area contributed by atoms with Crippen LogP contribution in [0.25, 0.3) is 0 Å². The van der Waals surface area contributed by atoms with Gasteiger partial charge in [0.15, 0.2) is 16.6 Å². The summed E-state index contributed by atoms with van der Waals surface area (Å²) in [6.45, 7) is 19.9. The Morgan fingerprint density at radius 2 is 0.955 bits per heavy atom. The molecule has 2 nitrogen and oxygen atoms in total. The van der Waals surface area contributed by atoms with Gasteiger partial charge >= 0.3 is 8.56 Å². The third-order valence-corrected chi connectivity index (χ3v) is 13.0. The molecule has 0 aliphatic rings. The van der Waals surface area contributed by atoms with E-state index in [0.717, 1.165) is 6.42 Å². The smallest absolute Gasteiger partial charge is 0.314 e. The molecule has 0 fully saturated rings. The largest absolute Gasteiger partial charge is 0.437 e. The molecule has 0 aliphatic carbocycles. The first-order valence-corrected chi connectivity index (χ1v) is 18.5. The number of hydrogen-bond donors (Lipinski definition) is 0. The predicted molar refractivity (Wildman–Crippen MR) is 108 cm³/mol. The average Bonchev–Trinajstić information content (AvgIpc) is 2.27. The zero-order valence-corrected chi connectivity index (χ0v) is 19.4. The van der Waals surface area contributed by atoms with Gasteiger partial charge < -0.3 is 8.23 Å². The van der Waals surface area contributed by atoms with E-state index in [4.69, 9.17) is 8.23 Å². The van der Waals surface area contributed by atoms with Crippen LogP contribution in [0.1, 0.15) is 51.4 Å². The molecule has 0 aromatic rings. The third-order valence-electron chi connectivity index (χ3n) is 3.43. The van der Waals surface area contributed by atoms with Gasteiger partial charge in [0, 0.05) is 0 Å². The van der Waals surface area contributed by atoms with Gasteiger partial charge in [-0.15, -0.1) is 0 Å². The van der Waals surface area contributed by atoms with E-state index in [1.54, 1.807) is 0 Å². The highest BCUT2D eigenvalue weighted by Crippen LogP contribution is 2.26. The lowest BCUT2D eigenvalue weighted by Crippen LogP contribution is -2.52. The second-order valence-corrected chi connectivity index (χ2v) is 21.5. The fourth-order valence-corrected chi connectivity index (χ4v) is 15.5. The van der Waals surface area contributed by atoms with E-state index in [0.29, 0.717) is 0 Å². The maximum atomic E-state index is 6.54. The van der Waals surface area contributed by atoms with E-state index >= 15 is 0 Å². The van der Waals surface area contributed by atoms with Gasteiger partial charge in [0.05, 0.1) is 0 Å². The fraction of sp³-hybridized carbons (Fsp3) is 0.941. The lowest BCUT2D eigenvalue weighted by Gasteiger charge is -2.38. The standard InChI is InChI=1S/C17H41O2Si3/c1-9-10-11-12-13-14-15-16-17-22(8,18-20(2,3)4)19-21(5,6)7/h1,9-17H2,2-8H3. The third kappa shape index (κ3) is 14.2. The summed E-state index contributed by atoms with van der Waals surface area (Å²) in [5.41, 5.74) is 0. The Balaban J connectivity index is 4.14. The molecule has 0 aromatic heterocycles. The molecule has 133 valence electrons. The van der Waals surface area contributed by atoms with Gasteiger partial charge in [-0.05, 0) is 51.9 Å². The van der Waals surface area contributed by atoms with Gasteiger partial charge in [-0.25, -0.2) is 0 Å². The van der Waals surface area contributed by atoms with Crippen LogP contribution in [0.5, 0.6) is 0 Å². The highest BCUT2D eigenvalue weighted by molar-refractivity contribution is 6.87. The molecule has 0 aromatic carbocycles. The van der Waals surface area contributed by atoms with Gasteiger partial charge in [0.2, 0.25) is 0 Å². The van der Waals surface area contributed by atoms with Crippen molar-refractivity contribution in [1.82, 2.24) is 0 Å². The molecular weight excluding hydrogens is 320 g/mol. The molecule has 1 radical (unpaired) electrons. The Bertz CT molecular complexity index is 267. The van der Waals surface area contributed by atoms with E-state index in [2.05, 4.69) is 52.8 Å². The van der Waals surface area contributed by atoms with Gasteiger partial charge in [0.1, 0.15) is 0 Å². The van der Waals surface area contributed by atoms with E-state index in [9.17, 15) is 0 Å². The highest BCUT2D eigenvalue weighted by atomic mass is 28.5. The van der Waals surface area contributed by atoms with Crippen LogP contribution in [0.2, 0.25) is 51.9 Å². The molecule has 0 aliphatic heterocycles. The Morgan fingerprint density at radius 3 is 1.32 bits per heavy atom. The SMILES string of the molecule is [CH2]CCCCCCCCC[Si](C)(O[Si](C)(C)C)O[Si](C)(C)C. The summed E-state index contributed by atoms with van der Waals surface area (Å²) in [5, 5.41) is 0. The Labute approximate surface area is 143 Å². The summed E-state index contributed by atoms with van der Waals surface area (Å²) in [6, 6.07) is 1.17. The van der Waals surface area contributed by atoms with Crippen molar-refractivity contribution in [3.63, 3.8) is 0 Å². The molecule has 0 rings (SSSR count). The fourth-order valence-electron chi connectivity index (χ4n) is 2.93. The van der Waals surface area contributed by atoms with Crippen LogP contribution >= 0.6 is 0 Å². The molecule has 0 saturated carbocycles. The zero-order valence-electron chi connectivity index (χ0n) is 16.4. The van der Waals surface area contributed by atoms with Crippen molar-refractivity contribution < 1.29 is 8.23 Å². The van der Waals surface area contributed by atoms with E-state index in [-0.39, 0.29) is 0 Å². The first-order chi connectivity index (χ1) is 9.97. The molecule has 22 heavy (non-hydrogen) atoms. The molecule has 5 heteroatoms. The zero-order chi connectivity index (χ0) is 17.3. The first-order valence-electron chi connectivity index (χ1n) is 9.17. The minimum Gasteiger partial charge on any atom is -0.437 e. The Hall–Kier alpha value is 0.571. The molecule has 0 heterocycles. The summed E-state index contributed by atoms with van der Waals surface area (Å²) in [7, 11) is -5.05. The van der Waals surface area contributed by atoms with E-state index in [1.807, 2.05) is 0 Å². The minimum atomic E-state index is -1.99. The van der Waals surface area contributed by atoms with Crippen LogP contribution in [0.15, 0.2) is 0 Å². The topological polar surface area (TPSA) is 18.5 Å². The highest BCUT2D eigenvalue weighted by Gasteiger charge is 2.39. The van der Waals surface area contributed by atoms with Crippen molar-refractivity contribution in [3.8, 4) is 0 Å². The number of unbranched alkanes of at least 4 members (excludes halogenated alkanes) is 7. The monoisotopic (exact) mass is 361 g/mol. The lowest BCUT2D eigenvalue weighted by atomic mass is 10.1. The number of hydrogen-bond acceptors (Lipinski definition) is 2. The quantitative estimate of drug-likeness (QED) is 0.268. The minimum absolute atomic E-state index is 1.09. The van der Waals surface area contributed by atoms with Crippen molar-refractivity contribution in [1.29, 1.82) is 0 Å². The summed E-state index contributed by atoms with van der Waals surface area (Å²) in [5.74, 6) is 0. The van der Waals surface area contributed by atoms with Crippen molar-refractivity contribution in [3.05, 3.63) is 6.92 Å². The molecule has 0 atom stereocenters. The summed E-state index contributed by atoms with van der Waals surface area (Å²) in [6.07, 6.45) is 10.5. The molecular formula is C17H41O2Si3. The second kappa shape index (κ2) is 10.4. The van der Waals surface area contributed by atoms with Crippen molar-refractivity contribution in [2.24, 2.45) is 0 Å². The van der Waals surface area contributed by atoms with Gasteiger partial charge in [0.25, 0.3) is 0 Å². The Kier molecular flexibility index (Phi) is 10.7. The van der Waals surface area contributed by atoms with Crippen molar-refractivity contribution in [2.45, 2.75) is 103 Å². The van der Waals surface area contributed by atoms with Gasteiger partial charge in [-0.3, -0.25) is 0 Å². The van der Waals surface area contributed by atoms with Crippen LogP contribution in [0.4, 0.5) is 0 Å². The van der Waals surface area contributed by atoms with Crippen LogP contribution in [0, 0.1) is 6.92 Å². The molecule has 0 spiro atoms. The molecule has 0 N–H and O–H groups in total. The number of rotatable bonds is 13. The van der Waals surface area contributed by atoms with Gasteiger partial charge in [-0.1, -0.05) is 58.3 Å². The van der Waals surface area contributed by atoms with Crippen LogP contribution in [-0.2, 0) is 8.23 Å². The summed E-state index contributed by atoms with van der Waals surface area (Å²) < 4.78 is 13.1. The lowest BCUT2D eigenvalue weighted by molar-refractivity contribution is 0.380. The van der Waals surface area contributed by atoms with Crippen molar-refractivity contribution >= 4 is 25.2 Å². The van der Waals surface area contributed by atoms with Gasteiger partial charge in [-0.2, -0.15) is 0 Å². The predicted octanol–water partition coefficient (Wildman–Crippen LogP) is 6.72. The maximum Gasteiger partial charge on any atom is 0.314 e. The normalized spacial score (nSPS) is 13.6. The first kappa shape index (κ1) is 22.6.